The zero-order chi connectivity index (χ0) is 14.9. The molecular weight excluding hydrogens is 294 g/mol. The molecule has 2 rings (SSSR count). The van der Waals surface area contributed by atoms with Crippen LogP contribution < -0.4 is 10.5 Å². The fraction of sp³-hybridized carbons (Fsp3) is 0.308. The number of hydrogen-bond acceptors (Lipinski definition) is 5. The van der Waals surface area contributed by atoms with Gasteiger partial charge < -0.3 is 5.73 Å². The van der Waals surface area contributed by atoms with Crippen LogP contribution in [-0.4, -0.2) is 13.4 Å². The SMILES string of the molecule is Cc1csc(NS(=O)(=O)c2cc(CN)cc(C)c2C)n1. The molecule has 0 unspecified atom stereocenters. The molecule has 1 heterocycles. The van der Waals surface area contributed by atoms with Gasteiger partial charge >= 0.3 is 0 Å². The second kappa shape index (κ2) is 5.51. The molecule has 0 fully saturated rings. The molecule has 0 amide bonds. The molecule has 0 aliphatic carbocycles. The van der Waals surface area contributed by atoms with Gasteiger partial charge in [-0.1, -0.05) is 6.07 Å². The van der Waals surface area contributed by atoms with Gasteiger partial charge in [0.25, 0.3) is 10.0 Å². The Morgan fingerprint density at radius 3 is 2.55 bits per heavy atom. The van der Waals surface area contributed by atoms with Crippen molar-refractivity contribution in [2.24, 2.45) is 5.73 Å². The van der Waals surface area contributed by atoms with Gasteiger partial charge in [-0.15, -0.1) is 11.3 Å². The van der Waals surface area contributed by atoms with Crippen LogP contribution in [0, 0.1) is 20.8 Å². The number of rotatable bonds is 4. The Hall–Kier alpha value is -1.44. The van der Waals surface area contributed by atoms with E-state index in [1.807, 2.05) is 19.9 Å². The van der Waals surface area contributed by atoms with Crippen molar-refractivity contribution in [3.8, 4) is 0 Å². The van der Waals surface area contributed by atoms with Gasteiger partial charge in [0.15, 0.2) is 5.13 Å². The largest absolute Gasteiger partial charge is 0.326 e. The van der Waals surface area contributed by atoms with Gasteiger partial charge in [0.1, 0.15) is 0 Å². The molecule has 0 saturated heterocycles. The standard InChI is InChI=1S/C13H17N3O2S2/c1-8-4-11(6-14)5-12(10(8)3)20(17,18)16-13-15-9(2)7-19-13/h4-5,7H,6,14H2,1-3H3,(H,15,16). The Labute approximate surface area is 122 Å². The number of aryl methyl sites for hydroxylation is 2. The normalized spacial score (nSPS) is 11.6. The minimum absolute atomic E-state index is 0.255. The number of nitrogens with zero attached hydrogens (tertiary/aromatic N) is 1. The monoisotopic (exact) mass is 311 g/mol. The lowest BCUT2D eigenvalue weighted by Gasteiger charge is -2.12. The number of benzene rings is 1. The van der Waals surface area contributed by atoms with Crippen molar-refractivity contribution < 1.29 is 8.42 Å². The fourth-order valence-corrected chi connectivity index (χ4v) is 4.18. The summed E-state index contributed by atoms with van der Waals surface area (Å²) in [4.78, 5) is 4.37. The average molecular weight is 311 g/mol. The first-order chi connectivity index (χ1) is 9.33. The highest BCUT2D eigenvalue weighted by atomic mass is 32.2. The summed E-state index contributed by atoms with van der Waals surface area (Å²) < 4.78 is 27.4. The second-order valence-electron chi connectivity index (χ2n) is 4.64. The van der Waals surface area contributed by atoms with Crippen LogP contribution in [0.1, 0.15) is 22.4 Å². The molecular formula is C13H17N3O2S2. The van der Waals surface area contributed by atoms with Crippen LogP contribution in [-0.2, 0) is 16.6 Å². The maximum atomic E-state index is 12.5. The van der Waals surface area contributed by atoms with Crippen molar-refractivity contribution in [1.29, 1.82) is 0 Å². The smallest absolute Gasteiger partial charge is 0.263 e. The van der Waals surface area contributed by atoms with E-state index in [4.69, 9.17) is 5.73 Å². The van der Waals surface area contributed by atoms with E-state index in [-0.39, 0.29) is 4.90 Å². The molecule has 3 N–H and O–H groups in total. The Bertz CT molecular complexity index is 736. The lowest BCUT2D eigenvalue weighted by molar-refractivity contribution is 0.600. The molecule has 7 heteroatoms. The van der Waals surface area contributed by atoms with Gasteiger partial charge in [0, 0.05) is 11.9 Å². The third-order valence-electron chi connectivity index (χ3n) is 3.05. The van der Waals surface area contributed by atoms with Crippen LogP contribution in [0.5, 0.6) is 0 Å². The number of aromatic nitrogens is 1. The first-order valence-corrected chi connectivity index (χ1v) is 8.45. The van der Waals surface area contributed by atoms with E-state index in [2.05, 4.69) is 9.71 Å². The lowest BCUT2D eigenvalue weighted by atomic mass is 10.1. The molecule has 0 bridgehead atoms. The molecule has 20 heavy (non-hydrogen) atoms. The summed E-state index contributed by atoms with van der Waals surface area (Å²) in [6.45, 7) is 5.79. The second-order valence-corrected chi connectivity index (χ2v) is 7.15. The zero-order valence-corrected chi connectivity index (χ0v) is 13.2. The molecule has 1 aromatic heterocycles. The van der Waals surface area contributed by atoms with Crippen LogP contribution in [0.2, 0.25) is 0 Å². The Morgan fingerprint density at radius 1 is 1.30 bits per heavy atom. The number of hydrogen-bond donors (Lipinski definition) is 2. The molecule has 0 spiro atoms. The highest BCUT2D eigenvalue weighted by molar-refractivity contribution is 7.93. The maximum absolute atomic E-state index is 12.5. The van der Waals surface area contributed by atoms with Gasteiger partial charge in [-0.3, -0.25) is 4.72 Å². The minimum atomic E-state index is -3.64. The first-order valence-electron chi connectivity index (χ1n) is 6.08. The lowest BCUT2D eigenvalue weighted by Crippen LogP contribution is -2.15. The summed E-state index contributed by atoms with van der Waals surface area (Å²) in [5, 5.41) is 2.17. The van der Waals surface area contributed by atoms with Gasteiger partial charge in [-0.05, 0) is 43.5 Å². The number of nitrogens with one attached hydrogen (secondary N) is 1. The molecule has 5 nitrogen and oxygen atoms in total. The summed E-state index contributed by atoms with van der Waals surface area (Å²) in [6, 6.07) is 3.52. The Kier molecular flexibility index (Phi) is 4.12. The molecule has 0 radical (unpaired) electrons. The quantitative estimate of drug-likeness (QED) is 0.907. The zero-order valence-electron chi connectivity index (χ0n) is 11.6. The Balaban J connectivity index is 2.46. The number of nitrogens with two attached hydrogens (primary N) is 1. The van der Waals surface area contributed by atoms with E-state index in [0.29, 0.717) is 11.7 Å². The summed E-state index contributed by atoms with van der Waals surface area (Å²) in [7, 11) is -3.64. The van der Waals surface area contributed by atoms with E-state index in [9.17, 15) is 8.42 Å². The molecule has 0 aliphatic rings. The van der Waals surface area contributed by atoms with E-state index in [1.165, 1.54) is 11.3 Å². The predicted octanol–water partition coefficient (Wildman–Crippen LogP) is 2.33. The van der Waals surface area contributed by atoms with Crippen molar-refractivity contribution >= 4 is 26.5 Å². The summed E-state index contributed by atoms with van der Waals surface area (Å²) in [5.74, 6) is 0. The van der Waals surface area contributed by atoms with E-state index < -0.39 is 10.0 Å². The molecule has 0 saturated carbocycles. The first kappa shape index (κ1) is 15.0. The maximum Gasteiger partial charge on any atom is 0.263 e. The third-order valence-corrected chi connectivity index (χ3v) is 5.52. The summed E-state index contributed by atoms with van der Waals surface area (Å²) >= 11 is 1.27. The average Bonchev–Trinajstić information content (AvgIpc) is 2.76. The van der Waals surface area contributed by atoms with Crippen molar-refractivity contribution in [2.75, 3.05) is 4.72 Å². The van der Waals surface area contributed by atoms with E-state index in [0.717, 1.165) is 22.4 Å². The fourth-order valence-electron chi connectivity index (χ4n) is 1.87. The number of sulfonamides is 1. The van der Waals surface area contributed by atoms with Gasteiger partial charge in [0.2, 0.25) is 0 Å². The van der Waals surface area contributed by atoms with Crippen molar-refractivity contribution in [2.45, 2.75) is 32.2 Å². The van der Waals surface area contributed by atoms with Crippen molar-refractivity contribution in [3.63, 3.8) is 0 Å². The Morgan fingerprint density at radius 2 is 2.00 bits per heavy atom. The highest BCUT2D eigenvalue weighted by Crippen LogP contribution is 2.25. The van der Waals surface area contributed by atoms with Crippen LogP contribution in [0.4, 0.5) is 5.13 Å². The molecule has 108 valence electrons. The topological polar surface area (TPSA) is 85.1 Å². The molecule has 0 aliphatic heterocycles. The van der Waals surface area contributed by atoms with Crippen molar-refractivity contribution in [1.82, 2.24) is 4.98 Å². The van der Waals surface area contributed by atoms with Crippen LogP contribution in [0.25, 0.3) is 0 Å². The van der Waals surface area contributed by atoms with E-state index >= 15 is 0 Å². The predicted molar refractivity (Wildman–Crippen MR) is 81.5 cm³/mol. The molecule has 2 aromatic rings. The van der Waals surface area contributed by atoms with Crippen LogP contribution in [0.15, 0.2) is 22.4 Å². The van der Waals surface area contributed by atoms with Crippen LogP contribution >= 0.6 is 11.3 Å². The van der Waals surface area contributed by atoms with Gasteiger partial charge in [0.05, 0.1) is 10.6 Å². The third kappa shape index (κ3) is 3.00. The van der Waals surface area contributed by atoms with E-state index in [1.54, 1.807) is 18.4 Å². The van der Waals surface area contributed by atoms with Gasteiger partial charge in [-0.25, -0.2) is 13.4 Å². The van der Waals surface area contributed by atoms with Crippen molar-refractivity contribution in [3.05, 3.63) is 39.9 Å². The molecule has 1 aromatic carbocycles. The highest BCUT2D eigenvalue weighted by Gasteiger charge is 2.20. The van der Waals surface area contributed by atoms with Gasteiger partial charge in [-0.2, -0.15) is 0 Å². The molecule has 0 atom stereocenters. The number of thiazole rings is 1. The summed E-state index contributed by atoms with van der Waals surface area (Å²) in [6.07, 6.45) is 0. The minimum Gasteiger partial charge on any atom is -0.326 e. The summed E-state index contributed by atoms with van der Waals surface area (Å²) in [5.41, 5.74) is 8.83. The van der Waals surface area contributed by atoms with Crippen LogP contribution in [0.3, 0.4) is 0 Å². The number of anilines is 1.